The third-order valence-electron chi connectivity index (χ3n) is 2.73. The number of fused-ring (bicyclic) bond motifs is 1. The molecule has 1 unspecified atom stereocenters. The molecule has 1 heterocycles. The van der Waals surface area contributed by atoms with Gasteiger partial charge in [-0.3, -0.25) is 0 Å². The molecule has 70 valence electrons. The monoisotopic (exact) mass is 176 g/mol. The quantitative estimate of drug-likeness (QED) is 0.686. The topological polar surface area (TPSA) is 38.0 Å². The van der Waals surface area contributed by atoms with Crippen LogP contribution in [0.1, 0.15) is 25.3 Å². The Morgan fingerprint density at radius 2 is 2.08 bits per heavy atom. The van der Waals surface area contributed by atoms with Crippen LogP contribution in [-0.2, 0) is 0 Å². The van der Waals surface area contributed by atoms with Gasteiger partial charge in [-0.2, -0.15) is 0 Å². The Kier molecular flexibility index (Phi) is 1.81. The van der Waals surface area contributed by atoms with Crippen LogP contribution in [0.15, 0.2) is 24.3 Å². The Balaban J connectivity index is 2.39. The predicted molar refractivity (Wildman–Crippen MR) is 55.9 cm³/mol. The summed E-state index contributed by atoms with van der Waals surface area (Å²) in [4.78, 5) is 0. The summed E-state index contributed by atoms with van der Waals surface area (Å²) in [5.74, 6) is 0.434. The number of hydrogen-bond donors (Lipinski definition) is 2. The maximum atomic E-state index is 6.12. The fraction of sp³-hybridized carbons (Fsp3) is 0.455. The Morgan fingerprint density at radius 1 is 1.38 bits per heavy atom. The number of nitrogens with one attached hydrogen (secondary N) is 1. The summed E-state index contributed by atoms with van der Waals surface area (Å²) in [5.41, 5.74) is 8.57. The molecule has 2 heteroatoms. The summed E-state index contributed by atoms with van der Waals surface area (Å²) >= 11 is 0. The average molecular weight is 176 g/mol. The first-order valence-electron chi connectivity index (χ1n) is 4.71. The van der Waals surface area contributed by atoms with E-state index >= 15 is 0 Å². The lowest BCUT2D eigenvalue weighted by molar-refractivity contribution is 0.435. The maximum Gasteiger partial charge on any atom is 0.0377 e. The van der Waals surface area contributed by atoms with E-state index in [1.165, 1.54) is 11.3 Å². The van der Waals surface area contributed by atoms with E-state index in [-0.39, 0.29) is 5.54 Å². The van der Waals surface area contributed by atoms with Gasteiger partial charge in [-0.25, -0.2) is 0 Å². The van der Waals surface area contributed by atoms with Crippen LogP contribution < -0.4 is 11.1 Å². The predicted octanol–water partition coefficient (Wildman–Crippen LogP) is 1.93. The number of nitrogens with two attached hydrogens (primary N) is 1. The van der Waals surface area contributed by atoms with Crippen molar-refractivity contribution < 1.29 is 0 Å². The zero-order valence-electron chi connectivity index (χ0n) is 8.17. The highest BCUT2D eigenvalue weighted by Crippen LogP contribution is 2.36. The molecule has 1 aromatic carbocycles. The molecule has 1 atom stereocenters. The van der Waals surface area contributed by atoms with E-state index in [2.05, 4.69) is 43.4 Å². The fourth-order valence-corrected chi connectivity index (χ4v) is 1.95. The minimum Gasteiger partial charge on any atom is -0.384 e. The molecule has 0 fully saturated rings. The molecule has 1 aliphatic rings. The van der Waals surface area contributed by atoms with Gasteiger partial charge in [-0.05, 0) is 25.5 Å². The second kappa shape index (κ2) is 2.74. The molecule has 1 aromatic rings. The van der Waals surface area contributed by atoms with Crippen molar-refractivity contribution in [1.29, 1.82) is 0 Å². The molecule has 0 aliphatic carbocycles. The van der Waals surface area contributed by atoms with Gasteiger partial charge >= 0.3 is 0 Å². The van der Waals surface area contributed by atoms with Crippen molar-refractivity contribution in [2.75, 3.05) is 11.9 Å². The van der Waals surface area contributed by atoms with E-state index in [4.69, 9.17) is 5.73 Å². The molecule has 0 saturated carbocycles. The van der Waals surface area contributed by atoms with Crippen molar-refractivity contribution in [3.8, 4) is 0 Å². The van der Waals surface area contributed by atoms with Crippen molar-refractivity contribution in [1.82, 2.24) is 0 Å². The van der Waals surface area contributed by atoms with Crippen LogP contribution in [0.4, 0.5) is 5.69 Å². The fourth-order valence-electron chi connectivity index (χ4n) is 1.95. The first kappa shape index (κ1) is 8.57. The normalized spacial score (nSPS) is 21.0. The van der Waals surface area contributed by atoms with Crippen molar-refractivity contribution >= 4 is 5.69 Å². The largest absolute Gasteiger partial charge is 0.384 e. The summed E-state index contributed by atoms with van der Waals surface area (Å²) in [6, 6.07) is 8.40. The molecule has 0 spiro atoms. The molecule has 3 N–H and O–H groups in total. The minimum atomic E-state index is -0.139. The lowest BCUT2D eigenvalue weighted by atomic mass is 9.84. The van der Waals surface area contributed by atoms with Gasteiger partial charge in [0.1, 0.15) is 0 Å². The van der Waals surface area contributed by atoms with Gasteiger partial charge in [-0.15, -0.1) is 0 Å². The highest BCUT2D eigenvalue weighted by atomic mass is 14.9. The van der Waals surface area contributed by atoms with Crippen LogP contribution in [0.2, 0.25) is 0 Å². The molecule has 0 bridgehead atoms. The summed E-state index contributed by atoms with van der Waals surface area (Å²) in [7, 11) is 0. The molecule has 0 radical (unpaired) electrons. The summed E-state index contributed by atoms with van der Waals surface area (Å²) < 4.78 is 0. The van der Waals surface area contributed by atoms with E-state index < -0.39 is 0 Å². The van der Waals surface area contributed by atoms with Crippen LogP contribution in [0.3, 0.4) is 0 Å². The standard InChI is InChI=1S/C11H16N2/c1-11(2,12)9-7-13-10-6-4-3-5-8(9)10/h3-6,9,13H,7,12H2,1-2H3. The van der Waals surface area contributed by atoms with Gasteiger partial charge in [0.15, 0.2) is 0 Å². The number of benzene rings is 1. The third-order valence-corrected chi connectivity index (χ3v) is 2.73. The van der Waals surface area contributed by atoms with Crippen LogP contribution in [0.5, 0.6) is 0 Å². The van der Waals surface area contributed by atoms with Crippen molar-refractivity contribution in [2.24, 2.45) is 5.73 Å². The molecule has 0 aromatic heterocycles. The third kappa shape index (κ3) is 1.42. The molecule has 13 heavy (non-hydrogen) atoms. The van der Waals surface area contributed by atoms with Crippen LogP contribution in [-0.4, -0.2) is 12.1 Å². The van der Waals surface area contributed by atoms with Gasteiger partial charge in [0.05, 0.1) is 0 Å². The zero-order chi connectivity index (χ0) is 9.47. The van der Waals surface area contributed by atoms with E-state index in [1.54, 1.807) is 0 Å². The maximum absolute atomic E-state index is 6.12. The summed E-state index contributed by atoms with van der Waals surface area (Å²) in [6.07, 6.45) is 0. The zero-order valence-corrected chi connectivity index (χ0v) is 8.17. The van der Waals surface area contributed by atoms with Crippen LogP contribution >= 0.6 is 0 Å². The molecule has 0 saturated heterocycles. The summed E-state index contributed by atoms with van der Waals surface area (Å²) in [6.45, 7) is 5.13. The van der Waals surface area contributed by atoms with E-state index in [0.29, 0.717) is 5.92 Å². The Morgan fingerprint density at radius 3 is 2.77 bits per heavy atom. The SMILES string of the molecule is CC(C)(N)C1CNc2ccccc21. The number of anilines is 1. The molecule has 2 rings (SSSR count). The van der Waals surface area contributed by atoms with Crippen LogP contribution in [0, 0.1) is 0 Å². The van der Waals surface area contributed by atoms with Crippen molar-refractivity contribution in [2.45, 2.75) is 25.3 Å². The van der Waals surface area contributed by atoms with Crippen molar-refractivity contribution in [3.05, 3.63) is 29.8 Å². The van der Waals surface area contributed by atoms with E-state index in [9.17, 15) is 0 Å². The number of hydrogen-bond acceptors (Lipinski definition) is 2. The summed E-state index contributed by atoms with van der Waals surface area (Å²) in [5, 5.41) is 3.38. The minimum absolute atomic E-state index is 0.139. The highest BCUT2D eigenvalue weighted by Gasteiger charge is 2.32. The van der Waals surface area contributed by atoms with E-state index in [0.717, 1.165) is 6.54 Å². The average Bonchev–Trinajstić information content (AvgIpc) is 2.45. The Hall–Kier alpha value is -1.02. The Labute approximate surface area is 79.1 Å². The van der Waals surface area contributed by atoms with Gasteiger partial charge < -0.3 is 11.1 Å². The number of para-hydroxylation sites is 1. The van der Waals surface area contributed by atoms with Crippen LogP contribution in [0.25, 0.3) is 0 Å². The second-order valence-electron chi connectivity index (χ2n) is 4.34. The van der Waals surface area contributed by atoms with Gasteiger partial charge in [-0.1, -0.05) is 18.2 Å². The first-order chi connectivity index (χ1) is 6.09. The van der Waals surface area contributed by atoms with Gasteiger partial charge in [0, 0.05) is 23.7 Å². The van der Waals surface area contributed by atoms with Crippen molar-refractivity contribution in [3.63, 3.8) is 0 Å². The first-order valence-corrected chi connectivity index (χ1v) is 4.71. The molecule has 0 amide bonds. The molecule has 2 nitrogen and oxygen atoms in total. The second-order valence-corrected chi connectivity index (χ2v) is 4.34. The molecular formula is C11H16N2. The molecule has 1 aliphatic heterocycles. The Bertz CT molecular complexity index is 312. The van der Waals surface area contributed by atoms with Gasteiger partial charge in [0.25, 0.3) is 0 Å². The lowest BCUT2D eigenvalue weighted by Crippen LogP contribution is -2.40. The molecular weight excluding hydrogens is 160 g/mol. The highest BCUT2D eigenvalue weighted by molar-refractivity contribution is 5.58. The smallest absolute Gasteiger partial charge is 0.0377 e. The number of rotatable bonds is 1. The van der Waals surface area contributed by atoms with Gasteiger partial charge in [0.2, 0.25) is 0 Å². The lowest BCUT2D eigenvalue weighted by Gasteiger charge is -2.26. The van der Waals surface area contributed by atoms with E-state index in [1.807, 2.05) is 0 Å².